The summed E-state index contributed by atoms with van der Waals surface area (Å²) in [5.41, 5.74) is 1.42. The number of benzene rings is 1. The molecule has 0 aliphatic carbocycles. The van der Waals surface area contributed by atoms with Crippen molar-refractivity contribution in [1.29, 1.82) is 0 Å². The van der Waals surface area contributed by atoms with Crippen LogP contribution in [-0.4, -0.2) is 32.1 Å². The van der Waals surface area contributed by atoms with E-state index in [2.05, 4.69) is 66.8 Å². The molecule has 2 nitrogen and oxygen atoms in total. The van der Waals surface area contributed by atoms with Crippen LogP contribution in [-0.2, 0) is 11.2 Å². The van der Waals surface area contributed by atoms with Gasteiger partial charge in [-0.15, -0.1) is 11.3 Å². The van der Waals surface area contributed by atoms with Crippen LogP contribution in [0.1, 0.15) is 35.8 Å². The van der Waals surface area contributed by atoms with Gasteiger partial charge in [0, 0.05) is 11.5 Å². The largest absolute Gasteiger partial charge is 0.373 e. The fourth-order valence-corrected chi connectivity index (χ4v) is 3.33. The molecule has 1 atom stereocenters. The molecule has 0 radical (unpaired) electrons. The Kier molecular flexibility index (Phi) is 7.64. The SMILES string of the molecule is CN(C)CCCOC(CCCc1ccccc1)c1cccs1. The molecule has 0 spiro atoms. The summed E-state index contributed by atoms with van der Waals surface area (Å²) in [4.78, 5) is 3.57. The minimum atomic E-state index is 0.255. The van der Waals surface area contributed by atoms with E-state index in [-0.39, 0.29) is 6.10 Å². The molecule has 2 aromatic rings. The van der Waals surface area contributed by atoms with E-state index in [0.29, 0.717) is 0 Å². The maximum Gasteiger partial charge on any atom is 0.0916 e. The molecule has 0 N–H and O–H groups in total. The zero-order valence-electron chi connectivity index (χ0n) is 13.7. The van der Waals surface area contributed by atoms with Crippen LogP contribution in [0, 0.1) is 0 Å². The molecule has 120 valence electrons. The molecular formula is C19H27NOS. The van der Waals surface area contributed by atoms with Crippen molar-refractivity contribution in [2.75, 3.05) is 27.2 Å². The van der Waals surface area contributed by atoms with Gasteiger partial charge in [-0.2, -0.15) is 0 Å². The molecule has 3 heteroatoms. The van der Waals surface area contributed by atoms with Gasteiger partial charge in [0.2, 0.25) is 0 Å². The molecule has 2 rings (SSSR count). The second-order valence-corrected chi connectivity index (χ2v) is 6.89. The average Bonchev–Trinajstić information content (AvgIpc) is 3.04. The number of rotatable bonds is 10. The van der Waals surface area contributed by atoms with E-state index in [0.717, 1.165) is 32.4 Å². The van der Waals surface area contributed by atoms with Gasteiger partial charge in [-0.25, -0.2) is 0 Å². The molecule has 1 aromatic heterocycles. The number of hydrogen-bond acceptors (Lipinski definition) is 3. The first-order valence-corrected chi connectivity index (χ1v) is 8.97. The van der Waals surface area contributed by atoms with Gasteiger partial charge in [0.1, 0.15) is 0 Å². The van der Waals surface area contributed by atoms with Crippen molar-refractivity contribution >= 4 is 11.3 Å². The third-order valence-electron chi connectivity index (χ3n) is 3.70. The van der Waals surface area contributed by atoms with Gasteiger partial charge in [0.05, 0.1) is 6.10 Å². The summed E-state index contributed by atoms with van der Waals surface area (Å²) < 4.78 is 6.16. The van der Waals surface area contributed by atoms with Crippen LogP contribution in [0.15, 0.2) is 47.8 Å². The summed E-state index contributed by atoms with van der Waals surface area (Å²) in [7, 11) is 4.22. The van der Waals surface area contributed by atoms with E-state index < -0.39 is 0 Å². The minimum absolute atomic E-state index is 0.255. The van der Waals surface area contributed by atoms with Gasteiger partial charge < -0.3 is 9.64 Å². The molecule has 0 fully saturated rings. The van der Waals surface area contributed by atoms with E-state index in [1.807, 2.05) is 0 Å². The number of ether oxygens (including phenoxy) is 1. The fourth-order valence-electron chi connectivity index (χ4n) is 2.52. The van der Waals surface area contributed by atoms with Crippen LogP contribution in [0.2, 0.25) is 0 Å². The van der Waals surface area contributed by atoms with Crippen LogP contribution >= 0.6 is 11.3 Å². The molecule has 0 aliphatic heterocycles. The molecule has 1 aromatic carbocycles. The predicted octanol–water partition coefficient (Wildman–Crippen LogP) is 4.78. The first-order chi connectivity index (χ1) is 10.8. The fraction of sp³-hybridized carbons (Fsp3) is 0.474. The molecule has 0 amide bonds. The second kappa shape index (κ2) is 9.78. The van der Waals surface area contributed by atoms with Gasteiger partial charge in [-0.3, -0.25) is 0 Å². The second-order valence-electron chi connectivity index (χ2n) is 5.91. The van der Waals surface area contributed by atoms with Crippen LogP contribution in [0.25, 0.3) is 0 Å². The number of nitrogens with zero attached hydrogens (tertiary/aromatic N) is 1. The summed E-state index contributed by atoms with van der Waals surface area (Å²) in [6.07, 6.45) is 4.74. The van der Waals surface area contributed by atoms with Crippen molar-refractivity contribution in [3.8, 4) is 0 Å². The molecule has 1 unspecified atom stereocenters. The Hall–Kier alpha value is -1.16. The monoisotopic (exact) mass is 317 g/mol. The van der Waals surface area contributed by atoms with Crippen LogP contribution in [0.5, 0.6) is 0 Å². The Morgan fingerprint density at radius 2 is 1.86 bits per heavy atom. The molecule has 0 aliphatic rings. The normalized spacial score (nSPS) is 12.7. The number of thiophene rings is 1. The maximum atomic E-state index is 6.16. The topological polar surface area (TPSA) is 12.5 Å². The van der Waals surface area contributed by atoms with Crippen LogP contribution < -0.4 is 0 Å². The Balaban J connectivity index is 1.78. The summed E-state index contributed by atoms with van der Waals surface area (Å²) in [6.45, 7) is 1.92. The third-order valence-corrected chi connectivity index (χ3v) is 4.67. The molecule has 0 bridgehead atoms. The van der Waals surface area contributed by atoms with Gasteiger partial charge >= 0.3 is 0 Å². The summed E-state index contributed by atoms with van der Waals surface area (Å²) in [5, 5.41) is 2.14. The lowest BCUT2D eigenvalue weighted by atomic mass is 10.1. The first-order valence-electron chi connectivity index (χ1n) is 8.09. The van der Waals surface area contributed by atoms with Crippen LogP contribution in [0.3, 0.4) is 0 Å². The summed E-state index contributed by atoms with van der Waals surface area (Å²) >= 11 is 1.81. The molecule has 0 saturated carbocycles. The molecule has 22 heavy (non-hydrogen) atoms. The lowest BCUT2D eigenvalue weighted by Gasteiger charge is -2.17. The Labute approximate surface area is 138 Å². The highest BCUT2D eigenvalue weighted by molar-refractivity contribution is 7.10. The maximum absolute atomic E-state index is 6.16. The van der Waals surface area contributed by atoms with Gasteiger partial charge in [0.25, 0.3) is 0 Å². The lowest BCUT2D eigenvalue weighted by Crippen LogP contribution is -2.15. The van der Waals surface area contributed by atoms with Crippen molar-refractivity contribution < 1.29 is 4.74 Å². The van der Waals surface area contributed by atoms with Gasteiger partial charge in [-0.1, -0.05) is 36.4 Å². The molecular weight excluding hydrogens is 290 g/mol. The quantitative estimate of drug-likeness (QED) is 0.585. The minimum Gasteiger partial charge on any atom is -0.373 e. The smallest absolute Gasteiger partial charge is 0.0916 e. The number of hydrogen-bond donors (Lipinski definition) is 0. The van der Waals surface area contributed by atoms with Crippen LogP contribution in [0.4, 0.5) is 0 Å². The highest BCUT2D eigenvalue weighted by Gasteiger charge is 2.13. The van der Waals surface area contributed by atoms with E-state index >= 15 is 0 Å². The van der Waals surface area contributed by atoms with E-state index in [1.165, 1.54) is 16.9 Å². The molecule has 1 heterocycles. The summed E-state index contributed by atoms with van der Waals surface area (Å²) in [5.74, 6) is 0. The third kappa shape index (κ3) is 6.30. The van der Waals surface area contributed by atoms with Crippen molar-refractivity contribution in [3.05, 3.63) is 58.3 Å². The van der Waals surface area contributed by atoms with Crippen molar-refractivity contribution in [3.63, 3.8) is 0 Å². The van der Waals surface area contributed by atoms with E-state index in [4.69, 9.17) is 4.74 Å². The Bertz CT molecular complexity index is 495. The Morgan fingerprint density at radius 1 is 1.05 bits per heavy atom. The predicted molar refractivity (Wildman–Crippen MR) is 95.6 cm³/mol. The zero-order chi connectivity index (χ0) is 15.6. The first kappa shape index (κ1) is 17.2. The van der Waals surface area contributed by atoms with Gasteiger partial charge in [-0.05, 0) is 63.3 Å². The standard InChI is InChI=1S/C19H27NOS/c1-20(2)14-8-15-21-18(19-13-7-16-22-19)12-6-11-17-9-4-3-5-10-17/h3-5,7,9-10,13,16,18H,6,8,11-12,14-15H2,1-2H3. The zero-order valence-corrected chi connectivity index (χ0v) is 14.5. The van der Waals surface area contributed by atoms with E-state index in [9.17, 15) is 0 Å². The van der Waals surface area contributed by atoms with E-state index in [1.54, 1.807) is 11.3 Å². The average molecular weight is 317 g/mol. The van der Waals surface area contributed by atoms with Crippen molar-refractivity contribution in [2.24, 2.45) is 0 Å². The highest BCUT2D eigenvalue weighted by atomic mass is 32.1. The lowest BCUT2D eigenvalue weighted by molar-refractivity contribution is 0.0433. The highest BCUT2D eigenvalue weighted by Crippen LogP contribution is 2.27. The molecule has 0 saturated heterocycles. The van der Waals surface area contributed by atoms with Crippen molar-refractivity contribution in [2.45, 2.75) is 31.8 Å². The Morgan fingerprint density at radius 3 is 2.55 bits per heavy atom. The summed E-state index contributed by atoms with van der Waals surface area (Å²) in [6, 6.07) is 15.0. The van der Waals surface area contributed by atoms with Gasteiger partial charge in [0.15, 0.2) is 0 Å². The number of aryl methyl sites for hydroxylation is 1. The van der Waals surface area contributed by atoms with Crippen molar-refractivity contribution in [1.82, 2.24) is 4.90 Å².